The van der Waals surface area contributed by atoms with Gasteiger partial charge in [-0.2, -0.15) is 0 Å². The van der Waals surface area contributed by atoms with E-state index in [2.05, 4.69) is 23.3 Å². The summed E-state index contributed by atoms with van der Waals surface area (Å²) in [6.45, 7) is 4.00. The maximum atomic E-state index is 11.7. The second-order valence-corrected chi connectivity index (χ2v) is 11.5. The average Bonchev–Trinajstić information content (AvgIpc) is 3.03. The Morgan fingerprint density at radius 1 is 0.907 bits per heavy atom. The van der Waals surface area contributed by atoms with Gasteiger partial charge in [-0.25, -0.2) is 9.78 Å². The van der Waals surface area contributed by atoms with E-state index in [1.165, 1.54) is 18.7 Å². The molecule has 222 valence electrons. The molecule has 2 heterocycles. The number of thioether (sulfide) groups is 1. The zero-order chi connectivity index (χ0) is 30.3. The Labute approximate surface area is 255 Å². The lowest BCUT2D eigenvalue weighted by atomic mass is 9.91. The molecule has 0 aliphatic carbocycles. The number of pyridine rings is 1. The Balaban J connectivity index is 1.38. The smallest absolute Gasteiger partial charge is 0.338 e. The fraction of sp³-hybridized carbons (Fsp3) is 0.265. The molecule has 5 rings (SSSR count). The minimum atomic E-state index is -1.02. The van der Waals surface area contributed by atoms with E-state index in [-0.39, 0.29) is 36.2 Å². The first-order chi connectivity index (χ1) is 20.8. The number of rotatable bonds is 10. The lowest BCUT2D eigenvalue weighted by molar-refractivity contribution is -0.268. The van der Waals surface area contributed by atoms with Crippen molar-refractivity contribution in [3.05, 3.63) is 119 Å². The standard InChI is InChI=1S/C34H34N2O6S/c1-21-30(20-43-32-29(33(39)40)7-4-16-35-32)41-34(42-31(21)26-10-8-23(19-37)9-11-26)27-14-12-25(13-15-27)28-6-3-5-24(17-28)18-36-22(2)38/h3-17,21,30-31,34,37H,18-20H2,1-2H3,(H,36,38)(H,39,40)/t21-,30+,31+,34+/m1/s1. The maximum Gasteiger partial charge on any atom is 0.338 e. The Morgan fingerprint density at radius 3 is 2.35 bits per heavy atom. The molecule has 1 aliphatic rings. The van der Waals surface area contributed by atoms with Crippen LogP contribution in [-0.4, -0.2) is 38.9 Å². The molecule has 9 heteroatoms. The van der Waals surface area contributed by atoms with E-state index < -0.39 is 12.3 Å². The van der Waals surface area contributed by atoms with Gasteiger partial charge in [0, 0.05) is 36.9 Å². The Kier molecular flexibility index (Phi) is 9.89. The normalized spacial score (nSPS) is 20.0. The van der Waals surface area contributed by atoms with Gasteiger partial charge in [0.25, 0.3) is 0 Å². The molecular formula is C34H34N2O6S. The van der Waals surface area contributed by atoms with Crippen molar-refractivity contribution < 1.29 is 29.3 Å². The molecule has 3 aromatic carbocycles. The number of hydrogen-bond donors (Lipinski definition) is 3. The Morgan fingerprint density at radius 2 is 1.65 bits per heavy atom. The van der Waals surface area contributed by atoms with Gasteiger partial charge in [0.05, 0.1) is 24.4 Å². The van der Waals surface area contributed by atoms with Gasteiger partial charge in [0.15, 0.2) is 6.29 Å². The van der Waals surface area contributed by atoms with E-state index in [1.807, 2.05) is 66.7 Å². The lowest BCUT2D eigenvalue weighted by Gasteiger charge is -2.41. The Bertz CT molecular complexity index is 1560. The molecule has 1 saturated heterocycles. The number of aromatic carboxylic acids is 1. The maximum absolute atomic E-state index is 11.7. The largest absolute Gasteiger partial charge is 0.478 e. The van der Waals surface area contributed by atoms with Crippen molar-refractivity contribution in [3.63, 3.8) is 0 Å². The predicted molar refractivity (Wildman–Crippen MR) is 164 cm³/mol. The number of carboxylic acids is 1. The van der Waals surface area contributed by atoms with Crippen LogP contribution >= 0.6 is 11.8 Å². The summed E-state index contributed by atoms with van der Waals surface area (Å²) >= 11 is 1.36. The van der Waals surface area contributed by atoms with Crippen LogP contribution in [0.1, 0.15) is 58.9 Å². The molecular weight excluding hydrogens is 564 g/mol. The molecule has 3 N–H and O–H groups in total. The highest BCUT2D eigenvalue weighted by Crippen LogP contribution is 2.43. The summed E-state index contributed by atoms with van der Waals surface area (Å²) in [5.41, 5.74) is 5.90. The van der Waals surface area contributed by atoms with Gasteiger partial charge in [-0.15, -0.1) is 11.8 Å². The highest BCUT2D eigenvalue weighted by molar-refractivity contribution is 7.99. The lowest BCUT2D eigenvalue weighted by Crippen LogP contribution is -2.38. The summed E-state index contributed by atoms with van der Waals surface area (Å²) in [5, 5.41) is 22.4. The van der Waals surface area contributed by atoms with Gasteiger partial charge in [-0.1, -0.05) is 73.7 Å². The molecule has 8 nitrogen and oxygen atoms in total. The molecule has 1 fully saturated rings. The number of hydrogen-bond acceptors (Lipinski definition) is 7. The molecule has 4 atom stereocenters. The molecule has 0 bridgehead atoms. The highest BCUT2D eigenvalue weighted by atomic mass is 32.2. The van der Waals surface area contributed by atoms with E-state index >= 15 is 0 Å². The van der Waals surface area contributed by atoms with Gasteiger partial charge in [0.1, 0.15) is 5.03 Å². The van der Waals surface area contributed by atoms with Crippen LogP contribution in [0.15, 0.2) is 96.2 Å². The van der Waals surface area contributed by atoms with Crippen LogP contribution in [0.4, 0.5) is 0 Å². The minimum absolute atomic E-state index is 0.0369. The van der Waals surface area contributed by atoms with E-state index in [0.717, 1.165) is 33.4 Å². The third-order valence-corrected chi connectivity index (χ3v) is 8.59. The molecule has 1 aromatic heterocycles. The van der Waals surface area contributed by atoms with Gasteiger partial charge >= 0.3 is 5.97 Å². The zero-order valence-electron chi connectivity index (χ0n) is 24.0. The number of nitrogens with one attached hydrogen (secondary N) is 1. The van der Waals surface area contributed by atoms with Crippen molar-refractivity contribution in [2.24, 2.45) is 5.92 Å². The first-order valence-corrected chi connectivity index (χ1v) is 15.1. The fourth-order valence-electron chi connectivity index (χ4n) is 5.06. The van der Waals surface area contributed by atoms with Crippen LogP contribution in [0.3, 0.4) is 0 Å². The molecule has 0 radical (unpaired) electrons. The number of carbonyl (C=O) groups excluding carboxylic acids is 1. The van der Waals surface area contributed by atoms with E-state index in [0.29, 0.717) is 17.3 Å². The zero-order valence-corrected chi connectivity index (χ0v) is 24.8. The number of nitrogens with zero attached hydrogens (tertiary/aromatic N) is 1. The number of aliphatic hydroxyl groups excluding tert-OH is 1. The van der Waals surface area contributed by atoms with Crippen LogP contribution < -0.4 is 5.32 Å². The number of aromatic nitrogens is 1. The summed E-state index contributed by atoms with van der Waals surface area (Å²) in [7, 11) is 0. The molecule has 4 aromatic rings. The van der Waals surface area contributed by atoms with Crippen LogP contribution in [0.2, 0.25) is 0 Å². The highest BCUT2D eigenvalue weighted by Gasteiger charge is 2.38. The molecule has 0 unspecified atom stereocenters. The van der Waals surface area contributed by atoms with Crippen molar-refractivity contribution in [2.45, 2.75) is 50.5 Å². The van der Waals surface area contributed by atoms with Crippen LogP contribution in [0, 0.1) is 5.92 Å². The van der Waals surface area contributed by atoms with Crippen molar-refractivity contribution >= 4 is 23.6 Å². The summed E-state index contributed by atoms with van der Waals surface area (Å²) in [6, 6.07) is 27.0. The summed E-state index contributed by atoms with van der Waals surface area (Å²) < 4.78 is 13.1. The second kappa shape index (κ2) is 14.0. The van der Waals surface area contributed by atoms with Crippen molar-refractivity contribution in [2.75, 3.05) is 5.75 Å². The molecule has 0 spiro atoms. The second-order valence-electron chi connectivity index (χ2n) is 10.5. The van der Waals surface area contributed by atoms with Crippen LogP contribution in [-0.2, 0) is 27.4 Å². The third-order valence-electron chi connectivity index (χ3n) is 7.49. The summed E-state index contributed by atoms with van der Waals surface area (Å²) in [5.74, 6) is -0.649. The number of amides is 1. The first-order valence-electron chi connectivity index (χ1n) is 14.1. The molecule has 1 amide bonds. The van der Waals surface area contributed by atoms with E-state index in [1.54, 1.807) is 18.3 Å². The van der Waals surface area contributed by atoms with Crippen molar-refractivity contribution in [1.29, 1.82) is 0 Å². The van der Waals surface area contributed by atoms with Gasteiger partial charge in [0.2, 0.25) is 5.91 Å². The van der Waals surface area contributed by atoms with Crippen LogP contribution in [0.25, 0.3) is 11.1 Å². The summed E-state index contributed by atoms with van der Waals surface area (Å²) in [6.07, 6.45) is 0.395. The first kappa shape index (κ1) is 30.4. The third kappa shape index (κ3) is 7.50. The quantitative estimate of drug-likeness (QED) is 0.186. The minimum Gasteiger partial charge on any atom is -0.478 e. The van der Waals surface area contributed by atoms with Gasteiger partial charge in [-0.05, 0) is 46.0 Å². The fourth-order valence-corrected chi connectivity index (χ4v) is 6.21. The molecule has 43 heavy (non-hydrogen) atoms. The van der Waals surface area contributed by atoms with Gasteiger partial charge in [-0.3, -0.25) is 4.79 Å². The van der Waals surface area contributed by atoms with E-state index in [9.17, 15) is 19.8 Å². The summed E-state index contributed by atoms with van der Waals surface area (Å²) in [4.78, 5) is 27.4. The molecule has 1 aliphatic heterocycles. The number of carboxylic acid groups (broad SMARTS) is 1. The molecule has 0 saturated carbocycles. The average molecular weight is 599 g/mol. The van der Waals surface area contributed by atoms with Crippen molar-refractivity contribution in [1.82, 2.24) is 10.3 Å². The number of ether oxygens (including phenoxy) is 2. The monoisotopic (exact) mass is 598 g/mol. The van der Waals surface area contributed by atoms with Gasteiger partial charge < -0.3 is 25.0 Å². The topological polar surface area (TPSA) is 118 Å². The Hall–Kier alpha value is -4.02. The number of benzene rings is 3. The van der Waals surface area contributed by atoms with E-state index in [4.69, 9.17) is 9.47 Å². The number of aliphatic hydroxyl groups is 1. The number of carbonyl (C=O) groups is 2. The predicted octanol–water partition coefficient (Wildman–Crippen LogP) is 6.16. The van der Waals surface area contributed by atoms with Crippen LogP contribution in [0.5, 0.6) is 0 Å². The SMILES string of the molecule is CC(=O)NCc1cccc(-c2ccc([C@H]3O[C@@H](CSc4ncccc4C(=O)O)[C@@H](C)[C@@H](c4ccc(CO)cc4)O3)cc2)c1. The van der Waals surface area contributed by atoms with Crippen molar-refractivity contribution in [3.8, 4) is 11.1 Å².